The van der Waals surface area contributed by atoms with Crippen LogP contribution in [-0.2, 0) is 0 Å². The summed E-state index contributed by atoms with van der Waals surface area (Å²) in [4.78, 5) is 14.7. The lowest BCUT2D eigenvalue weighted by molar-refractivity contribution is 0.0952. The Morgan fingerprint density at radius 2 is 2.05 bits per heavy atom. The van der Waals surface area contributed by atoms with E-state index in [1.807, 2.05) is 0 Å². The highest BCUT2D eigenvalue weighted by Gasteiger charge is 2.05. The van der Waals surface area contributed by atoms with Crippen LogP contribution < -0.4 is 5.32 Å². The fraction of sp³-hybridized carbons (Fsp3) is 0.600. The maximum absolute atomic E-state index is 11.8. The minimum Gasteiger partial charge on any atom is -0.352 e. The van der Waals surface area contributed by atoms with E-state index in [1.54, 1.807) is 18.3 Å². The topological polar surface area (TPSA) is 44.9 Å². The van der Waals surface area contributed by atoms with Gasteiger partial charge in [-0.2, -0.15) is 0 Å². The van der Waals surface area contributed by atoms with Crippen molar-refractivity contribution in [1.29, 1.82) is 0 Å². The molecule has 1 rings (SSSR count). The third kappa shape index (κ3) is 6.53. The van der Waals surface area contributed by atoms with Gasteiger partial charge in [0.15, 0.2) is 0 Å². The molecule has 0 radical (unpaired) electrons. The van der Waals surface area contributed by atoms with Crippen molar-refractivity contribution >= 4 is 18.1 Å². The number of pyridine rings is 1. The zero-order valence-corrected chi connectivity index (χ0v) is 12.7. The van der Waals surface area contributed by atoms with Crippen LogP contribution in [-0.4, -0.2) is 17.4 Å². The molecular weight excluding hydrogens is 256 g/mol. The van der Waals surface area contributed by atoms with Crippen molar-refractivity contribution in [3.63, 3.8) is 0 Å². The predicted molar refractivity (Wildman–Crippen MR) is 81.9 cm³/mol. The summed E-state index contributed by atoms with van der Waals surface area (Å²) in [6.07, 6.45) is 7.77. The Bertz CT molecular complexity index is 440. The van der Waals surface area contributed by atoms with Gasteiger partial charge in [-0.3, -0.25) is 4.79 Å². The van der Waals surface area contributed by atoms with Crippen LogP contribution in [0.25, 0.3) is 0 Å². The summed E-state index contributed by atoms with van der Waals surface area (Å²) in [6, 6.07) is 3.54. The highest BCUT2D eigenvalue weighted by Crippen LogP contribution is 2.09. The lowest BCUT2D eigenvalue weighted by Crippen LogP contribution is -2.24. The molecule has 1 amide bonds. The Morgan fingerprint density at radius 3 is 2.74 bits per heavy atom. The maximum atomic E-state index is 11.8. The highest BCUT2D eigenvalue weighted by atomic mass is 32.1. The fourth-order valence-electron chi connectivity index (χ4n) is 1.93. The van der Waals surface area contributed by atoms with E-state index in [2.05, 4.69) is 24.1 Å². The molecule has 1 aromatic heterocycles. The average molecular weight is 280 g/mol. The van der Waals surface area contributed by atoms with Crippen LogP contribution >= 0.6 is 12.2 Å². The second kappa shape index (κ2) is 8.86. The number of nitrogens with one attached hydrogen (secondary N) is 2. The number of hydrogen-bond acceptors (Lipinski definition) is 2. The Kier molecular flexibility index (Phi) is 7.41. The minimum atomic E-state index is -0.0796. The van der Waals surface area contributed by atoms with Gasteiger partial charge < -0.3 is 10.3 Å². The van der Waals surface area contributed by atoms with E-state index in [0.717, 1.165) is 18.9 Å². The van der Waals surface area contributed by atoms with E-state index in [1.165, 1.54) is 25.7 Å². The second-order valence-electron chi connectivity index (χ2n) is 5.27. The van der Waals surface area contributed by atoms with Crippen LogP contribution in [0.1, 0.15) is 56.3 Å². The van der Waals surface area contributed by atoms with Gasteiger partial charge in [0.05, 0.1) is 5.56 Å². The Labute approximate surface area is 120 Å². The first-order chi connectivity index (χ1) is 9.11. The highest BCUT2D eigenvalue weighted by molar-refractivity contribution is 7.71. The van der Waals surface area contributed by atoms with Crippen molar-refractivity contribution in [1.82, 2.24) is 10.3 Å². The van der Waals surface area contributed by atoms with Crippen LogP contribution in [0, 0.1) is 10.6 Å². The van der Waals surface area contributed by atoms with Crippen LogP contribution in [0.2, 0.25) is 0 Å². The molecule has 0 bridgehead atoms. The van der Waals surface area contributed by atoms with Crippen LogP contribution in [0.4, 0.5) is 0 Å². The number of carbonyl (C=O) groups is 1. The van der Waals surface area contributed by atoms with Crippen molar-refractivity contribution in [2.24, 2.45) is 5.92 Å². The van der Waals surface area contributed by atoms with Gasteiger partial charge in [0, 0.05) is 12.7 Å². The molecule has 0 aliphatic heterocycles. The third-order valence-corrected chi connectivity index (χ3v) is 3.39. The molecule has 3 nitrogen and oxygen atoms in total. The normalized spacial score (nSPS) is 10.7. The zero-order valence-electron chi connectivity index (χ0n) is 11.9. The standard InChI is InChI=1S/C15H24N2OS/c1-12(2)8-5-3-4-6-10-16-14(18)13-9-7-11-17-15(13)19/h7,9,11-12H,3-6,8,10H2,1-2H3,(H,16,18)(H,17,19). The molecule has 0 fully saturated rings. The van der Waals surface area contributed by atoms with Crippen LogP contribution in [0.3, 0.4) is 0 Å². The summed E-state index contributed by atoms with van der Waals surface area (Å²) in [5.41, 5.74) is 0.553. The molecule has 2 N–H and O–H groups in total. The fourth-order valence-corrected chi connectivity index (χ4v) is 2.16. The molecule has 0 spiro atoms. The molecule has 0 atom stereocenters. The largest absolute Gasteiger partial charge is 0.352 e. The van der Waals surface area contributed by atoms with Gasteiger partial charge in [-0.1, -0.05) is 51.7 Å². The van der Waals surface area contributed by atoms with Gasteiger partial charge in [-0.15, -0.1) is 0 Å². The van der Waals surface area contributed by atoms with E-state index in [-0.39, 0.29) is 5.91 Å². The van der Waals surface area contributed by atoms with Crippen molar-refractivity contribution in [3.05, 3.63) is 28.5 Å². The Hall–Kier alpha value is -1.16. The predicted octanol–water partition coefficient (Wildman–Crippen LogP) is 4.08. The monoisotopic (exact) mass is 280 g/mol. The summed E-state index contributed by atoms with van der Waals surface area (Å²) < 4.78 is 0.497. The number of rotatable bonds is 8. The third-order valence-electron chi connectivity index (χ3n) is 3.06. The van der Waals surface area contributed by atoms with Gasteiger partial charge in [-0.25, -0.2) is 0 Å². The molecule has 19 heavy (non-hydrogen) atoms. The first-order valence-electron chi connectivity index (χ1n) is 7.07. The first kappa shape index (κ1) is 15.9. The van der Waals surface area contributed by atoms with E-state index in [0.29, 0.717) is 10.2 Å². The van der Waals surface area contributed by atoms with Crippen molar-refractivity contribution in [3.8, 4) is 0 Å². The van der Waals surface area contributed by atoms with E-state index >= 15 is 0 Å². The van der Waals surface area contributed by atoms with Crippen LogP contribution in [0.5, 0.6) is 0 Å². The van der Waals surface area contributed by atoms with Gasteiger partial charge in [0.1, 0.15) is 4.64 Å². The zero-order chi connectivity index (χ0) is 14.1. The van der Waals surface area contributed by atoms with Crippen molar-refractivity contribution in [2.75, 3.05) is 6.54 Å². The molecule has 0 unspecified atom stereocenters. The number of unbranched alkanes of at least 4 members (excludes halogenated alkanes) is 3. The van der Waals surface area contributed by atoms with E-state index < -0.39 is 0 Å². The summed E-state index contributed by atoms with van der Waals surface area (Å²) in [5, 5.41) is 2.91. The smallest absolute Gasteiger partial charge is 0.254 e. The number of amides is 1. The molecule has 4 heteroatoms. The molecule has 0 saturated heterocycles. The Balaban J connectivity index is 2.15. The van der Waals surface area contributed by atoms with E-state index in [9.17, 15) is 4.79 Å². The lowest BCUT2D eigenvalue weighted by Gasteiger charge is -2.06. The van der Waals surface area contributed by atoms with E-state index in [4.69, 9.17) is 12.2 Å². The number of H-pyrrole nitrogens is 1. The quantitative estimate of drug-likeness (QED) is 0.556. The van der Waals surface area contributed by atoms with Crippen molar-refractivity contribution < 1.29 is 4.79 Å². The molecule has 1 aromatic rings. The SMILES string of the molecule is CC(C)CCCCCCNC(=O)c1ccc[nH]c1=S. The average Bonchev–Trinajstić information content (AvgIpc) is 2.37. The Morgan fingerprint density at radius 1 is 1.32 bits per heavy atom. The molecular formula is C15H24N2OS. The summed E-state index contributed by atoms with van der Waals surface area (Å²) >= 11 is 5.07. The lowest BCUT2D eigenvalue weighted by atomic mass is 10.0. The molecule has 0 aromatic carbocycles. The summed E-state index contributed by atoms with van der Waals surface area (Å²) in [7, 11) is 0. The van der Waals surface area contributed by atoms with Gasteiger partial charge >= 0.3 is 0 Å². The number of aromatic amines is 1. The molecule has 0 aliphatic carbocycles. The molecule has 0 saturated carbocycles. The number of aromatic nitrogens is 1. The summed E-state index contributed by atoms with van der Waals surface area (Å²) in [6.45, 7) is 5.23. The minimum absolute atomic E-state index is 0.0796. The maximum Gasteiger partial charge on any atom is 0.254 e. The van der Waals surface area contributed by atoms with Gasteiger partial charge in [0.25, 0.3) is 5.91 Å². The van der Waals surface area contributed by atoms with Crippen LogP contribution in [0.15, 0.2) is 18.3 Å². The van der Waals surface area contributed by atoms with Crippen molar-refractivity contribution in [2.45, 2.75) is 46.0 Å². The first-order valence-corrected chi connectivity index (χ1v) is 7.48. The molecule has 106 valence electrons. The molecule has 0 aliphatic rings. The summed E-state index contributed by atoms with van der Waals surface area (Å²) in [5.74, 6) is 0.712. The number of carbonyl (C=O) groups excluding carboxylic acids is 1. The van der Waals surface area contributed by atoms with Gasteiger partial charge in [0.2, 0.25) is 0 Å². The number of hydrogen-bond donors (Lipinski definition) is 2. The molecule has 1 heterocycles. The van der Waals surface area contributed by atoms with Gasteiger partial charge in [-0.05, 0) is 24.5 Å². The second-order valence-corrected chi connectivity index (χ2v) is 5.67.